The molecule has 1 aromatic heterocycles. The van der Waals surface area contributed by atoms with E-state index in [4.69, 9.17) is 4.98 Å². The van der Waals surface area contributed by atoms with Crippen molar-refractivity contribution in [3.8, 4) is 0 Å². The van der Waals surface area contributed by atoms with Gasteiger partial charge in [0.05, 0.1) is 11.6 Å². The molecule has 1 heterocycles. The molecule has 0 amide bonds. The number of unbranched alkanes of at least 4 members (excludes halogenated alkanes) is 14. The predicted molar refractivity (Wildman–Crippen MR) is 165 cm³/mol. The van der Waals surface area contributed by atoms with Crippen LogP contribution in [0.4, 0.5) is 0 Å². The lowest BCUT2D eigenvalue weighted by Crippen LogP contribution is -2.31. The molecule has 3 heteroatoms. The third-order valence-corrected chi connectivity index (χ3v) is 8.59. The van der Waals surface area contributed by atoms with Gasteiger partial charge in [0.1, 0.15) is 0 Å². The van der Waals surface area contributed by atoms with E-state index in [2.05, 4.69) is 43.0 Å². The molecule has 1 aliphatic rings. The topological polar surface area (TPSA) is 36.4 Å². The average Bonchev–Trinajstić information content (AvgIpc) is 2.94. The summed E-state index contributed by atoms with van der Waals surface area (Å²) in [5, 5.41) is 12.5. The monoisotopic (exact) mass is 522 g/mol. The summed E-state index contributed by atoms with van der Waals surface area (Å²) in [4.78, 5) is 7.50. The van der Waals surface area contributed by atoms with E-state index in [0.29, 0.717) is 0 Å². The van der Waals surface area contributed by atoms with Crippen molar-refractivity contribution in [3.05, 3.63) is 41.1 Å². The minimum Gasteiger partial charge on any atom is -0.387 e. The molecule has 0 bridgehead atoms. The maximum absolute atomic E-state index is 11.3. The van der Waals surface area contributed by atoms with Crippen LogP contribution in [0.5, 0.6) is 0 Å². The molecule has 0 aliphatic heterocycles. The Hall–Kier alpha value is -1.45. The maximum Gasteiger partial charge on any atom is 0.0917 e. The molecule has 1 atom stereocenters. The second-order valence-electron chi connectivity index (χ2n) is 12.0. The van der Waals surface area contributed by atoms with Crippen molar-refractivity contribution < 1.29 is 5.11 Å². The number of aromatic nitrogens is 1. The summed E-state index contributed by atoms with van der Waals surface area (Å²) < 4.78 is 0. The Balaban J connectivity index is 1.49. The summed E-state index contributed by atoms with van der Waals surface area (Å²) >= 11 is 0. The number of nitrogens with zero attached hydrogens (tertiary/aromatic N) is 2. The number of aliphatic hydroxyl groups is 1. The van der Waals surface area contributed by atoms with Crippen molar-refractivity contribution in [2.45, 2.75) is 148 Å². The second-order valence-corrected chi connectivity index (χ2v) is 12.0. The molecule has 214 valence electrons. The van der Waals surface area contributed by atoms with Crippen LogP contribution in [-0.2, 0) is 12.8 Å². The van der Waals surface area contributed by atoms with Crippen molar-refractivity contribution in [2.75, 3.05) is 19.6 Å². The first-order valence-corrected chi connectivity index (χ1v) is 16.5. The Kier molecular flexibility index (Phi) is 15.4. The summed E-state index contributed by atoms with van der Waals surface area (Å²) in [5.41, 5.74) is 4.84. The number of aliphatic hydroxyl groups excluding tert-OH is 1. The number of fused-ring (bicyclic) bond motifs is 2. The zero-order valence-corrected chi connectivity index (χ0v) is 25.0. The molecule has 1 aromatic carbocycles. The van der Waals surface area contributed by atoms with Crippen molar-refractivity contribution in [1.82, 2.24) is 9.88 Å². The van der Waals surface area contributed by atoms with Crippen LogP contribution in [0.15, 0.2) is 24.3 Å². The van der Waals surface area contributed by atoms with E-state index in [1.165, 1.54) is 132 Å². The molecule has 3 rings (SSSR count). The zero-order valence-electron chi connectivity index (χ0n) is 25.0. The van der Waals surface area contributed by atoms with Crippen molar-refractivity contribution >= 4 is 10.9 Å². The van der Waals surface area contributed by atoms with Crippen LogP contribution in [0, 0.1) is 0 Å². The molecule has 38 heavy (non-hydrogen) atoms. The van der Waals surface area contributed by atoms with Crippen LogP contribution in [0.25, 0.3) is 10.9 Å². The lowest BCUT2D eigenvalue weighted by molar-refractivity contribution is 0.110. The van der Waals surface area contributed by atoms with E-state index in [1.807, 2.05) is 0 Å². The van der Waals surface area contributed by atoms with Gasteiger partial charge in [0.2, 0.25) is 0 Å². The van der Waals surface area contributed by atoms with E-state index in [-0.39, 0.29) is 0 Å². The highest BCUT2D eigenvalue weighted by molar-refractivity contribution is 5.80. The van der Waals surface area contributed by atoms with Gasteiger partial charge in [-0.15, -0.1) is 0 Å². The van der Waals surface area contributed by atoms with Gasteiger partial charge in [-0.05, 0) is 80.9 Å². The quantitative estimate of drug-likeness (QED) is 0.166. The van der Waals surface area contributed by atoms with Gasteiger partial charge in [-0.25, -0.2) is 0 Å². The number of rotatable bonds is 21. The Labute approximate surface area is 234 Å². The minimum atomic E-state index is -0.432. The Morgan fingerprint density at radius 2 is 1.26 bits per heavy atom. The van der Waals surface area contributed by atoms with Gasteiger partial charge in [0, 0.05) is 17.6 Å². The summed E-state index contributed by atoms with van der Waals surface area (Å²) in [7, 11) is 0. The van der Waals surface area contributed by atoms with E-state index in [9.17, 15) is 5.11 Å². The van der Waals surface area contributed by atoms with Gasteiger partial charge in [0.25, 0.3) is 0 Å². The first-order chi connectivity index (χ1) is 18.7. The number of hydrogen-bond donors (Lipinski definition) is 1. The molecule has 0 spiro atoms. The minimum absolute atomic E-state index is 0.432. The number of benzene rings is 1. The van der Waals surface area contributed by atoms with Crippen LogP contribution in [0.1, 0.15) is 152 Å². The largest absolute Gasteiger partial charge is 0.387 e. The number of hydrogen-bond acceptors (Lipinski definition) is 3. The fourth-order valence-corrected chi connectivity index (χ4v) is 6.11. The smallest absolute Gasteiger partial charge is 0.0917 e. The fourth-order valence-electron chi connectivity index (χ4n) is 6.11. The Bertz CT molecular complexity index is 875. The molecule has 0 saturated heterocycles. The van der Waals surface area contributed by atoms with Gasteiger partial charge in [-0.3, -0.25) is 4.98 Å². The molecule has 3 nitrogen and oxygen atoms in total. The molecule has 1 aliphatic carbocycles. The molecular weight excluding hydrogens is 464 g/mol. The summed E-state index contributed by atoms with van der Waals surface area (Å²) in [5.74, 6) is 0. The molecule has 0 fully saturated rings. The third-order valence-electron chi connectivity index (χ3n) is 8.59. The van der Waals surface area contributed by atoms with Crippen LogP contribution >= 0.6 is 0 Å². The van der Waals surface area contributed by atoms with Crippen LogP contribution < -0.4 is 0 Å². The molecule has 1 N–H and O–H groups in total. The van der Waals surface area contributed by atoms with Gasteiger partial charge < -0.3 is 10.0 Å². The fraction of sp³-hybridized carbons (Fsp3) is 0.743. The Morgan fingerprint density at radius 3 is 1.87 bits per heavy atom. The summed E-state index contributed by atoms with van der Waals surface area (Å²) in [6.07, 6.45) is 26.0. The first-order valence-electron chi connectivity index (χ1n) is 16.5. The first kappa shape index (κ1) is 31.1. The maximum atomic E-state index is 11.3. The van der Waals surface area contributed by atoms with Crippen LogP contribution in [0.3, 0.4) is 0 Å². The van der Waals surface area contributed by atoms with E-state index in [0.717, 1.165) is 43.6 Å². The summed E-state index contributed by atoms with van der Waals surface area (Å²) in [6.45, 7) is 7.56. The molecule has 0 radical (unpaired) electrons. The highest BCUT2D eigenvalue weighted by atomic mass is 16.3. The standard InChI is InChI=1S/C35H58N2O/c1-3-5-7-9-11-13-15-19-25-37(26-20-16-14-12-10-8-6-4-2)29-35(38)31-23-24-34-32(28-31)27-30-21-17-18-22-33(30)36-34/h23-24,27-28,35,38H,3-22,25-26,29H2,1-2H3/t35-/m0/s1. The highest BCUT2D eigenvalue weighted by Crippen LogP contribution is 2.26. The van der Waals surface area contributed by atoms with Crippen LogP contribution in [0.2, 0.25) is 0 Å². The lowest BCUT2D eigenvalue weighted by Gasteiger charge is -2.26. The summed E-state index contributed by atoms with van der Waals surface area (Å²) in [6, 6.07) is 8.78. The highest BCUT2D eigenvalue weighted by Gasteiger charge is 2.16. The van der Waals surface area contributed by atoms with Gasteiger partial charge in [-0.2, -0.15) is 0 Å². The van der Waals surface area contributed by atoms with E-state index >= 15 is 0 Å². The molecule has 0 unspecified atom stereocenters. The predicted octanol–water partition coefficient (Wildman–Crippen LogP) is 9.73. The third kappa shape index (κ3) is 11.3. The zero-order chi connectivity index (χ0) is 26.8. The van der Waals surface area contributed by atoms with Gasteiger partial charge >= 0.3 is 0 Å². The SMILES string of the molecule is CCCCCCCCCCN(CCCCCCCCCC)C[C@H](O)c1ccc2nc3c(cc2c1)CCCC3. The lowest BCUT2D eigenvalue weighted by atomic mass is 9.94. The number of pyridine rings is 1. The molecular formula is C35H58N2O. The normalized spacial score (nSPS) is 14.3. The van der Waals surface area contributed by atoms with E-state index in [1.54, 1.807) is 0 Å². The number of aryl methyl sites for hydroxylation is 2. The molecule has 2 aromatic rings. The Morgan fingerprint density at radius 1 is 0.711 bits per heavy atom. The molecule has 0 saturated carbocycles. The van der Waals surface area contributed by atoms with Crippen molar-refractivity contribution in [2.24, 2.45) is 0 Å². The van der Waals surface area contributed by atoms with Gasteiger partial charge in [-0.1, -0.05) is 110 Å². The van der Waals surface area contributed by atoms with Crippen molar-refractivity contribution in [1.29, 1.82) is 0 Å². The second kappa shape index (κ2) is 18.8. The van der Waals surface area contributed by atoms with Crippen LogP contribution in [-0.4, -0.2) is 34.6 Å². The van der Waals surface area contributed by atoms with Gasteiger partial charge in [0.15, 0.2) is 0 Å². The van der Waals surface area contributed by atoms with Crippen molar-refractivity contribution in [3.63, 3.8) is 0 Å². The van der Waals surface area contributed by atoms with E-state index < -0.39 is 6.10 Å². The average molecular weight is 523 g/mol.